The SMILES string of the molecule is CCCCCCC1C2=C(CCC1C)c1ccccc1[N]2. The van der Waals surface area contributed by atoms with Crippen molar-refractivity contribution >= 4 is 11.3 Å². The molecule has 1 aromatic rings. The van der Waals surface area contributed by atoms with E-state index in [1.807, 2.05) is 0 Å². The van der Waals surface area contributed by atoms with E-state index in [-0.39, 0.29) is 0 Å². The van der Waals surface area contributed by atoms with E-state index in [9.17, 15) is 0 Å². The fourth-order valence-corrected chi connectivity index (χ4v) is 3.79. The third-order valence-corrected chi connectivity index (χ3v) is 5.04. The molecule has 0 saturated heterocycles. The lowest BCUT2D eigenvalue weighted by atomic mass is 9.76. The second-order valence-electron chi connectivity index (χ2n) is 6.46. The summed E-state index contributed by atoms with van der Waals surface area (Å²) in [6, 6.07) is 8.69. The van der Waals surface area contributed by atoms with Crippen LogP contribution in [0.2, 0.25) is 0 Å². The van der Waals surface area contributed by atoms with Gasteiger partial charge >= 0.3 is 0 Å². The number of para-hydroxylation sites is 1. The topological polar surface area (TPSA) is 14.1 Å². The van der Waals surface area contributed by atoms with E-state index in [0.29, 0.717) is 5.92 Å². The summed E-state index contributed by atoms with van der Waals surface area (Å²) in [7, 11) is 0. The minimum atomic E-state index is 0.697. The lowest BCUT2D eigenvalue weighted by Crippen LogP contribution is -2.21. The highest BCUT2D eigenvalue weighted by Gasteiger charge is 2.34. The van der Waals surface area contributed by atoms with E-state index in [1.54, 1.807) is 5.57 Å². The number of rotatable bonds is 5. The zero-order valence-electron chi connectivity index (χ0n) is 12.9. The Bertz CT molecular complexity index is 500. The Morgan fingerprint density at radius 2 is 2.00 bits per heavy atom. The first-order valence-electron chi connectivity index (χ1n) is 8.35. The molecule has 0 amide bonds. The molecule has 1 radical (unpaired) electrons. The standard InChI is InChI=1S/C19H26N/c1-3-4-5-6-9-15-14(2)12-13-17-16-10-7-8-11-18(16)20-19(15)17/h7-8,10-11,14-15H,3-6,9,12-13H2,1-2H3. The summed E-state index contributed by atoms with van der Waals surface area (Å²) in [6.07, 6.45) is 9.34. The summed E-state index contributed by atoms with van der Waals surface area (Å²) in [6.45, 7) is 4.71. The van der Waals surface area contributed by atoms with Gasteiger partial charge in [0, 0.05) is 17.2 Å². The minimum absolute atomic E-state index is 0.697. The second-order valence-corrected chi connectivity index (χ2v) is 6.46. The third kappa shape index (κ3) is 2.51. The number of unbranched alkanes of at least 4 members (excludes halogenated alkanes) is 3. The number of allylic oxidation sites excluding steroid dienone is 2. The Morgan fingerprint density at radius 1 is 1.15 bits per heavy atom. The normalized spacial score (nSPS) is 24.3. The van der Waals surface area contributed by atoms with Gasteiger partial charge in [-0.25, -0.2) is 0 Å². The van der Waals surface area contributed by atoms with Crippen LogP contribution in [0, 0.1) is 11.8 Å². The lowest BCUT2D eigenvalue weighted by molar-refractivity contribution is 0.333. The van der Waals surface area contributed by atoms with Crippen molar-refractivity contribution in [3.05, 3.63) is 35.5 Å². The van der Waals surface area contributed by atoms with Gasteiger partial charge in [-0.05, 0) is 36.8 Å². The van der Waals surface area contributed by atoms with E-state index in [2.05, 4.69) is 38.1 Å². The van der Waals surface area contributed by atoms with Crippen molar-refractivity contribution in [1.82, 2.24) is 5.32 Å². The van der Waals surface area contributed by atoms with Crippen LogP contribution >= 0.6 is 0 Å². The van der Waals surface area contributed by atoms with Gasteiger partial charge in [-0.2, -0.15) is 0 Å². The fourth-order valence-electron chi connectivity index (χ4n) is 3.79. The van der Waals surface area contributed by atoms with Crippen molar-refractivity contribution in [2.75, 3.05) is 0 Å². The van der Waals surface area contributed by atoms with E-state index in [4.69, 9.17) is 5.32 Å². The highest BCUT2D eigenvalue weighted by atomic mass is 14.9. The molecule has 1 aromatic carbocycles. The van der Waals surface area contributed by atoms with Gasteiger partial charge in [0.1, 0.15) is 0 Å². The summed E-state index contributed by atoms with van der Waals surface area (Å²) >= 11 is 0. The van der Waals surface area contributed by atoms with Crippen molar-refractivity contribution in [1.29, 1.82) is 0 Å². The first-order valence-corrected chi connectivity index (χ1v) is 8.35. The van der Waals surface area contributed by atoms with Gasteiger partial charge in [0.2, 0.25) is 0 Å². The quantitative estimate of drug-likeness (QED) is 0.611. The van der Waals surface area contributed by atoms with Crippen LogP contribution in [-0.4, -0.2) is 0 Å². The monoisotopic (exact) mass is 268 g/mol. The van der Waals surface area contributed by atoms with Gasteiger partial charge in [-0.15, -0.1) is 0 Å². The smallest absolute Gasteiger partial charge is 0.0708 e. The van der Waals surface area contributed by atoms with Crippen LogP contribution in [0.4, 0.5) is 5.69 Å². The summed E-state index contributed by atoms with van der Waals surface area (Å²) in [5.41, 5.74) is 5.61. The lowest BCUT2D eigenvalue weighted by Gasteiger charge is -2.30. The molecule has 1 aliphatic carbocycles. The summed E-state index contributed by atoms with van der Waals surface area (Å²) < 4.78 is 0. The molecule has 1 aliphatic heterocycles. The second kappa shape index (κ2) is 6.03. The highest BCUT2D eigenvalue weighted by molar-refractivity contribution is 5.82. The Labute approximate surface area is 123 Å². The Balaban J connectivity index is 1.76. The van der Waals surface area contributed by atoms with E-state index < -0.39 is 0 Å². The Kier molecular flexibility index (Phi) is 4.14. The van der Waals surface area contributed by atoms with Crippen molar-refractivity contribution in [3.63, 3.8) is 0 Å². The van der Waals surface area contributed by atoms with Crippen LogP contribution in [0.25, 0.3) is 5.57 Å². The van der Waals surface area contributed by atoms with Gasteiger partial charge < -0.3 is 0 Å². The molecule has 1 heteroatoms. The van der Waals surface area contributed by atoms with Crippen molar-refractivity contribution < 1.29 is 0 Å². The van der Waals surface area contributed by atoms with E-state index in [1.165, 1.54) is 61.9 Å². The molecule has 0 bridgehead atoms. The highest BCUT2D eigenvalue weighted by Crippen LogP contribution is 2.47. The molecular weight excluding hydrogens is 242 g/mol. The zero-order valence-corrected chi connectivity index (χ0v) is 12.9. The summed E-state index contributed by atoms with van der Waals surface area (Å²) in [4.78, 5) is 0. The average Bonchev–Trinajstić information content (AvgIpc) is 2.84. The third-order valence-electron chi connectivity index (χ3n) is 5.04. The number of hydrogen-bond acceptors (Lipinski definition) is 0. The number of fused-ring (bicyclic) bond motifs is 2. The maximum absolute atomic E-state index is 4.98. The first kappa shape index (κ1) is 13.7. The average molecular weight is 268 g/mol. The summed E-state index contributed by atoms with van der Waals surface area (Å²) in [5.74, 6) is 1.50. The zero-order chi connectivity index (χ0) is 13.9. The van der Waals surface area contributed by atoms with Crippen LogP contribution in [-0.2, 0) is 0 Å². The fraction of sp³-hybridized carbons (Fsp3) is 0.579. The molecule has 1 nitrogen and oxygen atoms in total. The van der Waals surface area contributed by atoms with Gasteiger partial charge in [0.05, 0.1) is 5.69 Å². The largest absolute Gasteiger partial charge is 0.252 e. The molecule has 3 rings (SSSR count). The summed E-state index contributed by atoms with van der Waals surface area (Å²) in [5, 5.41) is 4.98. The Hall–Kier alpha value is -1.24. The van der Waals surface area contributed by atoms with Crippen LogP contribution in [0.1, 0.15) is 64.4 Å². The molecule has 0 aromatic heterocycles. The van der Waals surface area contributed by atoms with E-state index in [0.717, 1.165) is 5.92 Å². The van der Waals surface area contributed by atoms with Crippen molar-refractivity contribution in [3.8, 4) is 0 Å². The van der Waals surface area contributed by atoms with Crippen LogP contribution in [0.15, 0.2) is 30.0 Å². The molecule has 0 saturated carbocycles. The molecule has 0 fully saturated rings. The number of nitrogens with zero attached hydrogens (tertiary/aromatic N) is 1. The number of benzene rings is 1. The molecule has 20 heavy (non-hydrogen) atoms. The minimum Gasteiger partial charge on any atom is -0.252 e. The van der Waals surface area contributed by atoms with Crippen LogP contribution < -0.4 is 5.32 Å². The van der Waals surface area contributed by atoms with Gasteiger partial charge in [0.25, 0.3) is 0 Å². The molecule has 2 aliphatic rings. The van der Waals surface area contributed by atoms with Gasteiger partial charge in [0.15, 0.2) is 0 Å². The predicted octanol–water partition coefficient (Wildman–Crippen LogP) is 5.66. The predicted molar refractivity (Wildman–Crippen MR) is 85.8 cm³/mol. The molecule has 1 heterocycles. The maximum Gasteiger partial charge on any atom is 0.0708 e. The molecule has 0 spiro atoms. The first-order chi connectivity index (χ1) is 9.81. The van der Waals surface area contributed by atoms with Crippen LogP contribution in [0.5, 0.6) is 0 Å². The van der Waals surface area contributed by atoms with E-state index >= 15 is 0 Å². The molecule has 2 atom stereocenters. The maximum atomic E-state index is 4.98. The number of hydrogen-bond donors (Lipinski definition) is 0. The van der Waals surface area contributed by atoms with Crippen molar-refractivity contribution in [2.24, 2.45) is 11.8 Å². The molecular formula is C19H26N. The molecule has 2 unspecified atom stereocenters. The van der Waals surface area contributed by atoms with Crippen LogP contribution in [0.3, 0.4) is 0 Å². The van der Waals surface area contributed by atoms with Gasteiger partial charge in [-0.3, -0.25) is 5.32 Å². The van der Waals surface area contributed by atoms with Crippen molar-refractivity contribution in [2.45, 2.75) is 58.8 Å². The molecule has 0 N–H and O–H groups in total. The molecule has 107 valence electrons. The van der Waals surface area contributed by atoms with Gasteiger partial charge in [-0.1, -0.05) is 57.7 Å². The Morgan fingerprint density at radius 3 is 2.85 bits per heavy atom.